The monoisotopic (exact) mass is 572 g/mol. The minimum Gasteiger partial charge on any atom is -0.388 e. The molecule has 0 amide bonds. The number of aliphatic hydroxyl groups is 2. The fourth-order valence-corrected chi connectivity index (χ4v) is 7.70. The zero-order valence-corrected chi connectivity index (χ0v) is 22.3. The Kier molecular flexibility index (Phi) is 6.58. The summed E-state index contributed by atoms with van der Waals surface area (Å²) in [5, 5.41) is 28.1. The number of aryl methyl sites for hydroxylation is 1. The lowest BCUT2D eigenvalue weighted by atomic mass is 10.1. The Bertz CT molecular complexity index is 1450. The standard InChI is InChI=1S/C23H27F3N6O4S2/c1-4-32(38(3,35)36)17-12-9-14(18(33)23(12,17)34)29-19-16(20-30-13-7-5-6-8-15(13)37-20)11(2)28-21(31-19)27-10-22(24,25)26/h5-8,12,14,17-18,33-34H,4,9-10H2,1-3H3,(H2,27,28,29,31)/t12-,14-,17?,18+,23+/m1/s1. The van der Waals surface area contributed by atoms with Crippen LogP contribution in [0.15, 0.2) is 24.3 Å². The van der Waals surface area contributed by atoms with Crippen molar-refractivity contribution in [2.45, 2.75) is 50.2 Å². The van der Waals surface area contributed by atoms with Gasteiger partial charge < -0.3 is 20.8 Å². The van der Waals surface area contributed by atoms with Crippen LogP contribution in [0.5, 0.6) is 0 Å². The van der Waals surface area contributed by atoms with E-state index in [9.17, 15) is 31.8 Å². The molecule has 2 aliphatic carbocycles. The number of benzene rings is 1. The molecule has 0 radical (unpaired) electrons. The second-order valence-electron chi connectivity index (χ2n) is 9.65. The smallest absolute Gasteiger partial charge is 0.388 e. The van der Waals surface area contributed by atoms with Crippen LogP contribution in [0.1, 0.15) is 19.0 Å². The zero-order chi connectivity index (χ0) is 27.6. The summed E-state index contributed by atoms with van der Waals surface area (Å²) < 4.78 is 65.0. The quantitative estimate of drug-likeness (QED) is 0.321. The average Bonchev–Trinajstić information content (AvgIpc) is 3.10. The Hall–Kier alpha value is -2.59. The minimum absolute atomic E-state index is 0.147. The zero-order valence-electron chi connectivity index (χ0n) is 20.7. The van der Waals surface area contributed by atoms with E-state index in [4.69, 9.17) is 0 Å². The number of sulfonamides is 1. The second-order valence-corrected chi connectivity index (χ2v) is 12.6. The number of anilines is 2. The molecule has 4 N–H and O–H groups in total. The molecule has 0 saturated heterocycles. The van der Waals surface area contributed by atoms with E-state index in [0.29, 0.717) is 16.3 Å². The van der Waals surface area contributed by atoms with Crippen LogP contribution in [0.2, 0.25) is 0 Å². The maximum Gasteiger partial charge on any atom is 0.405 e. The Labute approximate surface area is 221 Å². The fourth-order valence-electron chi connectivity index (χ4n) is 5.44. The van der Waals surface area contributed by atoms with E-state index in [1.807, 2.05) is 24.3 Å². The van der Waals surface area contributed by atoms with Crippen LogP contribution in [0.25, 0.3) is 20.8 Å². The summed E-state index contributed by atoms with van der Waals surface area (Å²) in [5.41, 5.74) is -0.0791. The van der Waals surface area contributed by atoms with Gasteiger partial charge in [0.15, 0.2) is 0 Å². The van der Waals surface area contributed by atoms with Crippen molar-refractivity contribution in [3.05, 3.63) is 30.0 Å². The maximum absolute atomic E-state index is 12.8. The number of aliphatic hydroxyl groups excluding tert-OH is 1. The predicted octanol–water partition coefficient (Wildman–Crippen LogP) is 2.59. The number of nitrogens with one attached hydrogen (secondary N) is 2. The van der Waals surface area contributed by atoms with Gasteiger partial charge in [0.2, 0.25) is 16.0 Å². The van der Waals surface area contributed by atoms with Crippen LogP contribution >= 0.6 is 11.3 Å². The number of hydrogen-bond donors (Lipinski definition) is 4. The molecule has 2 heterocycles. The average molecular weight is 573 g/mol. The molecule has 38 heavy (non-hydrogen) atoms. The molecule has 0 spiro atoms. The van der Waals surface area contributed by atoms with Gasteiger partial charge in [0.05, 0.1) is 39.8 Å². The van der Waals surface area contributed by atoms with Crippen LogP contribution in [0, 0.1) is 12.8 Å². The van der Waals surface area contributed by atoms with E-state index >= 15 is 0 Å². The van der Waals surface area contributed by atoms with E-state index in [0.717, 1.165) is 16.5 Å². The highest BCUT2D eigenvalue weighted by atomic mass is 32.2. The molecule has 2 saturated carbocycles. The first-order chi connectivity index (χ1) is 17.7. The van der Waals surface area contributed by atoms with Gasteiger partial charge in [-0.15, -0.1) is 11.3 Å². The first-order valence-corrected chi connectivity index (χ1v) is 14.6. The largest absolute Gasteiger partial charge is 0.405 e. The van der Waals surface area contributed by atoms with Crippen LogP contribution in [-0.4, -0.2) is 87.2 Å². The van der Waals surface area contributed by atoms with E-state index in [1.165, 1.54) is 15.6 Å². The summed E-state index contributed by atoms with van der Waals surface area (Å²) in [6.07, 6.45) is -4.55. The molecular formula is C23H27F3N6O4S2. The van der Waals surface area contributed by atoms with Crippen molar-refractivity contribution in [3.63, 3.8) is 0 Å². The van der Waals surface area contributed by atoms with Gasteiger partial charge in [-0.3, -0.25) is 0 Å². The molecule has 5 atom stereocenters. The molecule has 0 aliphatic heterocycles. The van der Waals surface area contributed by atoms with Gasteiger partial charge >= 0.3 is 6.18 Å². The number of fused-ring (bicyclic) bond motifs is 2. The van der Waals surface area contributed by atoms with Gasteiger partial charge in [0, 0.05) is 12.5 Å². The SMILES string of the molecule is CCN(C1[C@H]2C[C@@H](Nc3nc(NCC(F)(F)F)nc(C)c3-c3nc4ccccc4s3)[C@H](O)[C@@]12O)S(C)(=O)=O. The molecule has 2 aliphatic rings. The van der Waals surface area contributed by atoms with Crippen LogP contribution in [-0.2, 0) is 10.0 Å². The number of hydrogen-bond acceptors (Lipinski definition) is 10. The van der Waals surface area contributed by atoms with Crippen molar-refractivity contribution in [2.24, 2.45) is 5.92 Å². The normalized spacial score (nSPS) is 27.1. The molecular weight excluding hydrogens is 545 g/mol. The molecule has 10 nitrogen and oxygen atoms in total. The molecule has 2 aromatic heterocycles. The predicted molar refractivity (Wildman–Crippen MR) is 137 cm³/mol. The summed E-state index contributed by atoms with van der Waals surface area (Å²) >= 11 is 1.36. The molecule has 0 bridgehead atoms. The Morgan fingerprint density at radius 2 is 1.95 bits per heavy atom. The Morgan fingerprint density at radius 3 is 2.53 bits per heavy atom. The summed E-state index contributed by atoms with van der Waals surface area (Å²) in [6, 6.07) is 5.94. The highest BCUT2D eigenvalue weighted by molar-refractivity contribution is 7.88. The minimum atomic E-state index is -4.48. The van der Waals surface area contributed by atoms with E-state index in [2.05, 4.69) is 25.6 Å². The van der Waals surface area contributed by atoms with Gasteiger partial charge in [-0.25, -0.2) is 18.4 Å². The molecule has 15 heteroatoms. The number of aromatic nitrogens is 3. The first kappa shape index (κ1) is 27.0. The van der Waals surface area contributed by atoms with Crippen LogP contribution < -0.4 is 10.6 Å². The van der Waals surface area contributed by atoms with E-state index in [1.54, 1.807) is 13.8 Å². The van der Waals surface area contributed by atoms with Gasteiger partial charge in [-0.1, -0.05) is 19.1 Å². The number of nitrogens with zero attached hydrogens (tertiary/aromatic N) is 4. The lowest BCUT2D eigenvalue weighted by molar-refractivity contribution is -0.115. The van der Waals surface area contributed by atoms with Crippen molar-refractivity contribution in [2.75, 3.05) is 30.0 Å². The highest BCUT2D eigenvalue weighted by Gasteiger charge is 2.76. The number of likely N-dealkylation sites (N-methyl/N-ethyl adjacent to an activating group) is 1. The Morgan fingerprint density at radius 1 is 1.24 bits per heavy atom. The van der Waals surface area contributed by atoms with Crippen molar-refractivity contribution in [3.8, 4) is 10.6 Å². The topological polar surface area (TPSA) is 141 Å². The highest BCUT2D eigenvalue weighted by Crippen LogP contribution is 2.59. The lowest BCUT2D eigenvalue weighted by Gasteiger charge is -2.29. The van der Waals surface area contributed by atoms with E-state index in [-0.39, 0.29) is 24.7 Å². The molecule has 5 rings (SSSR count). The molecule has 1 aromatic carbocycles. The van der Waals surface area contributed by atoms with Crippen LogP contribution in [0.3, 0.4) is 0 Å². The molecule has 1 unspecified atom stereocenters. The summed E-state index contributed by atoms with van der Waals surface area (Å²) in [4.78, 5) is 13.1. The first-order valence-electron chi connectivity index (χ1n) is 11.9. The third kappa shape index (κ3) is 4.70. The number of alkyl halides is 3. The third-order valence-corrected chi connectivity index (χ3v) is 9.51. The molecule has 3 aromatic rings. The second kappa shape index (κ2) is 9.26. The molecule has 2 fully saturated rings. The van der Waals surface area contributed by atoms with Gasteiger partial charge in [0.25, 0.3) is 0 Å². The van der Waals surface area contributed by atoms with E-state index < -0.39 is 52.5 Å². The third-order valence-electron chi connectivity index (χ3n) is 7.12. The summed E-state index contributed by atoms with van der Waals surface area (Å²) in [7, 11) is -3.60. The number of thiazole rings is 1. The lowest BCUT2D eigenvalue weighted by Crippen LogP contribution is -2.47. The number of rotatable bonds is 8. The van der Waals surface area contributed by atoms with Gasteiger partial charge in [-0.2, -0.15) is 22.5 Å². The van der Waals surface area contributed by atoms with Crippen molar-refractivity contribution < 1.29 is 31.8 Å². The number of para-hydroxylation sites is 1. The fraction of sp³-hybridized carbons (Fsp3) is 0.522. The van der Waals surface area contributed by atoms with Crippen molar-refractivity contribution in [1.29, 1.82) is 0 Å². The van der Waals surface area contributed by atoms with Gasteiger partial charge in [-0.05, 0) is 25.5 Å². The summed E-state index contributed by atoms with van der Waals surface area (Å²) in [6.45, 7) is 2.10. The summed E-state index contributed by atoms with van der Waals surface area (Å²) in [5.74, 6) is -0.612. The van der Waals surface area contributed by atoms with Crippen LogP contribution in [0.4, 0.5) is 24.9 Å². The number of halogens is 3. The van der Waals surface area contributed by atoms with Crippen molar-refractivity contribution in [1.82, 2.24) is 19.3 Å². The van der Waals surface area contributed by atoms with Crippen molar-refractivity contribution >= 4 is 43.3 Å². The van der Waals surface area contributed by atoms with Gasteiger partial charge in [0.1, 0.15) is 29.1 Å². The maximum atomic E-state index is 12.8. The molecule has 206 valence electrons. The Balaban J connectivity index is 1.48.